The van der Waals surface area contributed by atoms with Gasteiger partial charge in [-0.15, -0.1) is 0 Å². The number of piperidine rings is 1. The number of hydrogen-bond acceptors (Lipinski definition) is 5. The monoisotopic (exact) mass is 421 g/mol. The lowest BCUT2D eigenvalue weighted by atomic mass is 9.90. The van der Waals surface area contributed by atoms with Crippen LogP contribution in [0.1, 0.15) is 18.4 Å². The number of ether oxygens (including phenoxy) is 1. The number of nitrogens with one attached hydrogen (secondary N) is 2. The third kappa shape index (κ3) is 3.89. The van der Waals surface area contributed by atoms with Crippen molar-refractivity contribution in [1.82, 2.24) is 0 Å². The van der Waals surface area contributed by atoms with E-state index in [0.717, 1.165) is 22.6 Å². The quantitative estimate of drug-likeness (QED) is 0.700. The maximum absolute atomic E-state index is 13.0. The van der Waals surface area contributed by atoms with Crippen LogP contribution < -0.4 is 20.3 Å². The highest BCUT2D eigenvalue weighted by atomic mass is 19.4. The number of anilines is 4. The van der Waals surface area contributed by atoms with Crippen molar-refractivity contribution >= 4 is 28.7 Å². The topological polar surface area (TPSA) is 73.8 Å². The van der Waals surface area contributed by atoms with Crippen LogP contribution in [0.5, 0.6) is 5.75 Å². The summed E-state index contributed by atoms with van der Waals surface area (Å²) in [5.41, 5.74) is 1.40. The number of aryl methyl sites for hydroxylation is 1. The fourth-order valence-electron chi connectivity index (χ4n) is 3.71. The minimum atomic E-state index is -4.61. The molecule has 0 bridgehead atoms. The number of carbonyl (C=O) groups excluding carboxylic acids is 1. The van der Waals surface area contributed by atoms with Gasteiger partial charge in [-0.25, -0.2) is 0 Å². The molecule has 3 N–H and O–H groups in total. The molecule has 2 aromatic rings. The summed E-state index contributed by atoms with van der Waals surface area (Å²) in [6.07, 6.45) is -5.30. The molecule has 9 heteroatoms. The van der Waals surface area contributed by atoms with Crippen LogP contribution in [0.25, 0.3) is 0 Å². The molecule has 30 heavy (non-hydrogen) atoms. The molecule has 160 valence electrons. The highest BCUT2D eigenvalue weighted by Gasteiger charge is 2.54. The number of hydrogen-bond donors (Lipinski definition) is 3. The molecule has 0 aliphatic carbocycles. The first kappa shape index (κ1) is 20.3. The van der Waals surface area contributed by atoms with Crippen molar-refractivity contribution in [2.45, 2.75) is 31.5 Å². The van der Waals surface area contributed by atoms with Crippen molar-refractivity contribution < 1.29 is 27.8 Å². The van der Waals surface area contributed by atoms with Gasteiger partial charge in [-0.05, 0) is 42.8 Å². The molecular formula is C21H22F3N3O3. The highest BCUT2D eigenvalue weighted by Crippen LogP contribution is 2.40. The summed E-state index contributed by atoms with van der Waals surface area (Å²) in [6.45, 7) is 2.16. The molecule has 0 radical (unpaired) electrons. The first-order valence-electron chi connectivity index (χ1n) is 9.63. The van der Waals surface area contributed by atoms with Crippen LogP contribution in [0.4, 0.5) is 35.9 Å². The van der Waals surface area contributed by atoms with Gasteiger partial charge in [-0.2, -0.15) is 13.2 Å². The van der Waals surface area contributed by atoms with Gasteiger partial charge in [0, 0.05) is 49.1 Å². The summed E-state index contributed by atoms with van der Waals surface area (Å²) in [7, 11) is 0. The van der Waals surface area contributed by atoms with Gasteiger partial charge < -0.3 is 25.4 Å². The highest BCUT2D eigenvalue weighted by molar-refractivity contribution is 5.95. The molecule has 6 nitrogen and oxygen atoms in total. The minimum Gasteiger partial charge on any atom is -0.482 e. The van der Waals surface area contributed by atoms with Gasteiger partial charge in [0.05, 0.1) is 5.69 Å². The van der Waals surface area contributed by atoms with Crippen molar-refractivity contribution in [2.24, 2.45) is 0 Å². The van der Waals surface area contributed by atoms with E-state index in [9.17, 15) is 23.1 Å². The Balaban J connectivity index is 1.45. The number of aliphatic hydroxyl groups is 1. The second kappa shape index (κ2) is 7.39. The summed E-state index contributed by atoms with van der Waals surface area (Å²) in [4.78, 5) is 13.2. The van der Waals surface area contributed by atoms with E-state index in [-0.39, 0.29) is 38.4 Å². The number of rotatable bonds is 3. The van der Waals surface area contributed by atoms with Gasteiger partial charge >= 0.3 is 6.18 Å². The van der Waals surface area contributed by atoms with Gasteiger partial charge in [-0.1, -0.05) is 0 Å². The number of carbonyl (C=O) groups is 1. The molecule has 1 amide bonds. The van der Waals surface area contributed by atoms with Crippen LogP contribution in [0.2, 0.25) is 0 Å². The predicted molar refractivity (Wildman–Crippen MR) is 107 cm³/mol. The summed E-state index contributed by atoms with van der Waals surface area (Å²) in [5.74, 6) is 0.389. The Morgan fingerprint density at radius 2 is 1.90 bits per heavy atom. The van der Waals surface area contributed by atoms with Gasteiger partial charge in [0.15, 0.2) is 12.2 Å². The second-order valence-electron chi connectivity index (χ2n) is 7.69. The van der Waals surface area contributed by atoms with Gasteiger partial charge in [0.25, 0.3) is 5.91 Å². The summed E-state index contributed by atoms with van der Waals surface area (Å²) in [6, 6.07) is 11.0. The number of benzene rings is 2. The maximum Gasteiger partial charge on any atom is 0.417 e. The van der Waals surface area contributed by atoms with Gasteiger partial charge in [0.1, 0.15) is 5.75 Å². The molecule has 2 aliphatic heterocycles. The Morgan fingerprint density at radius 1 is 1.17 bits per heavy atom. The second-order valence-corrected chi connectivity index (χ2v) is 7.69. The smallest absolute Gasteiger partial charge is 0.417 e. The summed E-state index contributed by atoms with van der Waals surface area (Å²) in [5, 5.41) is 15.9. The standard InChI is InChI=1S/C21H22F3N3O3/c1-13-10-15(27-8-6-20(29,7-9-27)21(22,23)24)3-5-16(13)25-14-2-4-17-18(11-14)30-12-19(28)26-17/h2-5,10-11,25,29H,6-9,12H2,1H3,(H,26,28). The molecule has 4 rings (SSSR count). The third-order valence-electron chi connectivity index (χ3n) is 5.59. The van der Waals surface area contributed by atoms with Crippen molar-refractivity contribution in [3.05, 3.63) is 42.0 Å². The van der Waals surface area contributed by atoms with Crippen LogP contribution in [0, 0.1) is 6.92 Å². The fraction of sp³-hybridized carbons (Fsp3) is 0.381. The van der Waals surface area contributed by atoms with E-state index < -0.39 is 11.8 Å². The molecular weight excluding hydrogens is 399 g/mol. The number of halogens is 3. The van der Waals surface area contributed by atoms with Crippen LogP contribution in [-0.4, -0.2) is 42.5 Å². The third-order valence-corrected chi connectivity index (χ3v) is 5.59. The van der Waals surface area contributed by atoms with E-state index in [1.807, 2.05) is 36.1 Å². The van der Waals surface area contributed by atoms with E-state index in [0.29, 0.717) is 11.4 Å². The van der Waals surface area contributed by atoms with Crippen LogP contribution in [0.3, 0.4) is 0 Å². The Bertz CT molecular complexity index is 970. The lowest BCUT2D eigenvalue weighted by Gasteiger charge is -2.40. The number of amides is 1. The Morgan fingerprint density at radius 3 is 2.57 bits per heavy atom. The van der Waals surface area contributed by atoms with Crippen LogP contribution in [0.15, 0.2) is 36.4 Å². The molecule has 2 aliphatic rings. The van der Waals surface area contributed by atoms with E-state index in [4.69, 9.17) is 4.74 Å². The van der Waals surface area contributed by atoms with Crippen molar-refractivity contribution in [3.8, 4) is 5.75 Å². The SMILES string of the molecule is Cc1cc(N2CCC(O)(C(F)(F)F)CC2)ccc1Nc1ccc2c(c1)OCC(=O)N2. The molecule has 0 unspecified atom stereocenters. The molecule has 0 atom stereocenters. The first-order chi connectivity index (χ1) is 14.1. The molecule has 1 saturated heterocycles. The average molecular weight is 421 g/mol. The maximum atomic E-state index is 13.0. The Kier molecular flexibility index (Phi) is 5.01. The zero-order chi connectivity index (χ0) is 21.5. The van der Waals surface area contributed by atoms with E-state index >= 15 is 0 Å². The lowest BCUT2D eigenvalue weighted by Crippen LogP contribution is -2.53. The molecule has 2 aromatic carbocycles. The Labute approximate surface area is 171 Å². The average Bonchev–Trinajstić information content (AvgIpc) is 2.69. The van der Waals surface area contributed by atoms with E-state index in [2.05, 4.69) is 10.6 Å². The fourth-order valence-corrected chi connectivity index (χ4v) is 3.71. The Hall–Kier alpha value is -2.94. The molecule has 0 saturated carbocycles. The van der Waals surface area contributed by atoms with E-state index in [1.54, 1.807) is 12.1 Å². The zero-order valence-corrected chi connectivity index (χ0v) is 16.3. The summed E-state index contributed by atoms with van der Waals surface area (Å²) >= 11 is 0. The zero-order valence-electron chi connectivity index (χ0n) is 16.3. The van der Waals surface area contributed by atoms with Crippen molar-refractivity contribution in [3.63, 3.8) is 0 Å². The van der Waals surface area contributed by atoms with Crippen LogP contribution in [-0.2, 0) is 4.79 Å². The van der Waals surface area contributed by atoms with Crippen molar-refractivity contribution in [1.29, 1.82) is 0 Å². The minimum absolute atomic E-state index is 0.0243. The summed E-state index contributed by atoms with van der Waals surface area (Å²) < 4.78 is 44.4. The number of fused-ring (bicyclic) bond motifs is 1. The molecule has 1 fully saturated rings. The predicted octanol–water partition coefficient (Wildman–Crippen LogP) is 3.96. The lowest BCUT2D eigenvalue weighted by molar-refractivity contribution is -0.266. The normalized spacial score (nSPS) is 18.3. The van der Waals surface area contributed by atoms with Gasteiger partial charge in [0.2, 0.25) is 0 Å². The first-order valence-corrected chi connectivity index (χ1v) is 9.63. The largest absolute Gasteiger partial charge is 0.482 e. The number of alkyl halides is 3. The molecule has 2 heterocycles. The van der Waals surface area contributed by atoms with Gasteiger partial charge in [-0.3, -0.25) is 4.79 Å². The number of nitrogens with zero attached hydrogens (tertiary/aromatic N) is 1. The van der Waals surface area contributed by atoms with Crippen molar-refractivity contribution in [2.75, 3.05) is 35.2 Å². The van der Waals surface area contributed by atoms with Crippen LogP contribution >= 0.6 is 0 Å². The molecule has 0 aromatic heterocycles. The molecule has 0 spiro atoms. The van der Waals surface area contributed by atoms with E-state index in [1.165, 1.54) is 0 Å².